The van der Waals surface area contributed by atoms with Gasteiger partial charge in [-0.3, -0.25) is 14.4 Å². The van der Waals surface area contributed by atoms with E-state index in [-0.39, 0.29) is 44.0 Å². The molecule has 0 aliphatic heterocycles. The molecule has 0 radical (unpaired) electrons. The molecule has 0 bridgehead atoms. The van der Waals surface area contributed by atoms with Gasteiger partial charge in [-0.2, -0.15) is 0 Å². The molecule has 0 amide bonds. The summed E-state index contributed by atoms with van der Waals surface area (Å²) in [6, 6.07) is 0. The number of unbranched alkanes of at least 4 members (excludes halogenated alkanes) is 13. The number of rotatable bonds is 44. The van der Waals surface area contributed by atoms with Gasteiger partial charge in [-0.05, 0) is 96.3 Å². The number of esters is 3. The Morgan fingerprint density at radius 1 is 0.328 bits per heavy atom. The molecule has 0 aromatic heterocycles. The van der Waals surface area contributed by atoms with Gasteiger partial charge in [0.05, 0.1) is 0 Å². The molecule has 0 aliphatic rings. The van der Waals surface area contributed by atoms with Crippen LogP contribution in [0.4, 0.5) is 0 Å². The smallest absolute Gasteiger partial charge is 0.306 e. The van der Waals surface area contributed by atoms with Gasteiger partial charge in [0.2, 0.25) is 0 Å². The number of hydrogen-bond donors (Lipinski definition) is 0. The molecule has 0 fully saturated rings. The second-order valence-electron chi connectivity index (χ2n) is 16.3. The lowest BCUT2D eigenvalue weighted by Crippen LogP contribution is -2.30. The molecule has 0 spiro atoms. The fourth-order valence-electron chi connectivity index (χ4n) is 6.46. The summed E-state index contributed by atoms with van der Waals surface area (Å²) in [5.74, 6) is -1.06. The molecule has 0 saturated heterocycles. The van der Waals surface area contributed by atoms with Crippen molar-refractivity contribution in [3.8, 4) is 0 Å². The molecule has 0 aromatic carbocycles. The van der Waals surface area contributed by atoms with Crippen LogP contribution in [0.2, 0.25) is 0 Å². The maximum atomic E-state index is 12.8. The number of allylic oxidation sites excluding steroid dienone is 20. The van der Waals surface area contributed by atoms with Crippen molar-refractivity contribution in [1.29, 1.82) is 0 Å². The van der Waals surface area contributed by atoms with Gasteiger partial charge in [0.1, 0.15) is 13.2 Å². The minimum atomic E-state index is -0.831. The van der Waals surface area contributed by atoms with Gasteiger partial charge in [0.15, 0.2) is 6.10 Å². The molecule has 0 saturated carbocycles. The first-order valence-electron chi connectivity index (χ1n) is 25.5. The van der Waals surface area contributed by atoms with Crippen LogP contribution in [0.1, 0.15) is 207 Å². The van der Waals surface area contributed by atoms with Gasteiger partial charge in [0.25, 0.3) is 0 Å². The van der Waals surface area contributed by atoms with Crippen molar-refractivity contribution in [2.45, 2.75) is 213 Å². The Kier molecular flexibility index (Phi) is 48.1. The Hall–Kier alpha value is -4.19. The zero-order valence-electron chi connectivity index (χ0n) is 41.0. The molecule has 1 atom stereocenters. The standard InChI is InChI=1S/C58H92O6/c1-4-7-10-13-16-19-22-25-27-28-29-30-32-33-36-39-42-45-48-51-57(60)63-54-55(53-62-56(59)50-47-44-41-38-35-24-21-18-15-12-9-6-3)64-58(61)52-49-46-43-40-37-34-31-26-23-20-17-14-11-8-5-2/h7-8,10-11,16-17,19-20,25-27,29-31,33,36-37,40,42,45,55H,4-6,9,12-15,18,21-24,28,32,34-35,38-39,41,43-44,46-54H2,1-3H3/b10-7-,11-8-,19-16-,20-17-,27-25-,30-29-,31-26-,36-33-,40-37-,45-42-/t55-/m1/s1. The van der Waals surface area contributed by atoms with Crippen LogP contribution in [0.25, 0.3) is 0 Å². The summed E-state index contributed by atoms with van der Waals surface area (Å²) in [6.45, 7) is 6.29. The van der Waals surface area contributed by atoms with E-state index in [1.54, 1.807) is 0 Å². The Balaban J connectivity index is 4.58. The van der Waals surface area contributed by atoms with E-state index in [9.17, 15) is 14.4 Å². The third-order valence-electron chi connectivity index (χ3n) is 10.2. The van der Waals surface area contributed by atoms with Crippen LogP contribution < -0.4 is 0 Å². The van der Waals surface area contributed by atoms with Crippen molar-refractivity contribution in [2.24, 2.45) is 0 Å². The third kappa shape index (κ3) is 48.8. The molecule has 0 heterocycles. The van der Waals surface area contributed by atoms with Crippen molar-refractivity contribution >= 4 is 17.9 Å². The molecule has 0 aromatic rings. The summed E-state index contributed by atoms with van der Waals surface area (Å²) < 4.78 is 16.7. The Bertz CT molecular complexity index is 1390. The highest BCUT2D eigenvalue weighted by Crippen LogP contribution is 2.13. The minimum Gasteiger partial charge on any atom is -0.462 e. The summed E-state index contributed by atoms with van der Waals surface area (Å²) in [6.07, 6.45) is 70.5. The van der Waals surface area contributed by atoms with E-state index in [1.165, 1.54) is 57.8 Å². The van der Waals surface area contributed by atoms with E-state index in [1.807, 2.05) is 12.2 Å². The summed E-state index contributed by atoms with van der Waals surface area (Å²) in [7, 11) is 0. The molecule has 0 unspecified atom stereocenters. The van der Waals surface area contributed by atoms with E-state index in [2.05, 4.69) is 130 Å². The monoisotopic (exact) mass is 885 g/mol. The Morgan fingerprint density at radius 2 is 0.641 bits per heavy atom. The summed E-state index contributed by atoms with van der Waals surface area (Å²) in [5, 5.41) is 0. The van der Waals surface area contributed by atoms with Crippen LogP contribution in [0.15, 0.2) is 122 Å². The topological polar surface area (TPSA) is 78.9 Å². The highest BCUT2D eigenvalue weighted by Gasteiger charge is 2.19. The second-order valence-corrected chi connectivity index (χ2v) is 16.3. The van der Waals surface area contributed by atoms with Crippen molar-refractivity contribution in [3.63, 3.8) is 0 Å². The van der Waals surface area contributed by atoms with Gasteiger partial charge in [-0.15, -0.1) is 0 Å². The summed E-state index contributed by atoms with van der Waals surface area (Å²) in [4.78, 5) is 37.9. The van der Waals surface area contributed by atoms with Gasteiger partial charge < -0.3 is 14.2 Å². The predicted molar refractivity (Wildman–Crippen MR) is 274 cm³/mol. The Morgan fingerprint density at radius 3 is 1.05 bits per heavy atom. The number of ether oxygens (including phenoxy) is 3. The molecule has 6 nitrogen and oxygen atoms in total. The maximum Gasteiger partial charge on any atom is 0.306 e. The van der Waals surface area contributed by atoms with Crippen LogP contribution in [-0.2, 0) is 28.6 Å². The Labute approximate surface area is 392 Å². The van der Waals surface area contributed by atoms with Crippen molar-refractivity contribution < 1.29 is 28.6 Å². The average Bonchev–Trinajstić information content (AvgIpc) is 3.29. The van der Waals surface area contributed by atoms with Crippen LogP contribution in [0, 0.1) is 0 Å². The van der Waals surface area contributed by atoms with Crippen molar-refractivity contribution in [3.05, 3.63) is 122 Å². The number of carbonyl (C=O) groups excluding carboxylic acids is 3. The van der Waals surface area contributed by atoms with Gasteiger partial charge in [-0.25, -0.2) is 0 Å². The zero-order chi connectivity index (χ0) is 46.5. The molecule has 360 valence electrons. The summed E-state index contributed by atoms with van der Waals surface area (Å²) in [5.41, 5.74) is 0. The lowest BCUT2D eigenvalue weighted by Gasteiger charge is -2.18. The molecule has 64 heavy (non-hydrogen) atoms. The van der Waals surface area contributed by atoms with E-state index in [0.29, 0.717) is 19.3 Å². The number of hydrogen-bond acceptors (Lipinski definition) is 6. The minimum absolute atomic E-state index is 0.120. The van der Waals surface area contributed by atoms with Gasteiger partial charge in [-0.1, -0.05) is 213 Å². The van der Waals surface area contributed by atoms with Gasteiger partial charge >= 0.3 is 17.9 Å². The maximum absolute atomic E-state index is 12.8. The molecule has 0 N–H and O–H groups in total. The quantitative estimate of drug-likeness (QED) is 0.0262. The van der Waals surface area contributed by atoms with E-state index in [0.717, 1.165) is 96.3 Å². The van der Waals surface area contributed by atoms with Crippen LogP contribution in [-0.4, -0.2) is 37.2 Å². The second kappa shape index (κ2) is 51.4. The van der Waals surface area contributed by atoms with Crippen molar-refractivity contribution in [2.75, 3.05) is 13.2 Å². The summed E-state index contributed by atoms with van der Waals surface area (Å²) >= 11 is 0. The van der Waals surface area contributed by atoms with E-state index < -0.39 is 6.10 Å². The van der Waals surface area contributed by atoms with E-state index >= 15 is 0 Å². The number of carbonyl (C=O) groups is 3. The molecular weight excluding hydrogens is 793 g/mol. The largest absolute Gasteiger partial charge is 0.462 e. The highest BCUT2D eigenvalue weighted by atomic mass is 16.6. The SMILES string of the molecule is CC/C=C\C/C=C\C/C=C\C/C=C\C/C=C\C/C=C\CCC(=O)OC[C@@H](COC(=O)CCCCCCCCCCCCCC)OC(=O)CCCC/C=C\C/C=C\C/C=C\C/C=C\CC. The highest BCUT2D eigenvalue weighted by molar-refractivity contribution is 5.71. The van der Waals surface area contributed by atoms with Crippen LogP contribution in [0.5, 0.6) is 0 Å². The third-order valence-corrected chi connectivity index (χ3v) is 10.2. The van der Waals surface area contributed by atoms with Gasteiger partial charge in [0, 0.05) is 19.3 Å². The first-order valence-corrected chi connectivity index (χ1v) is 25.5. The van der Waals surface area contributed by atoms with Crippen LogP contribution in [0.3, 0.4) is 0 Å². The normalized spacial score (nSPS) is 13.1. The van der Waals surface area contributed by atoms with Crippen molar-refractivity contribution in [1.82, 2.24) is 0 Å². The first-order chi connectivity index (χ1) is 31.5. The first kappa shape index (κ1) is 59.8. The predicted octanol–water partition coefficient (Wildman–Crippen LogP) is 16.9. The average molecular weight is 885 g/mol. The molecular formula is C58H92O6. The fourth-order valence-corrected chi connectivity index (χ4v) is 6.46. The lowest BCUT2D eigenvalue weighted by atomic mass is 10.0. The molecule has 6 heteroatoms. The molecule has 0 aliphatic carbocycles. The lowest BCUT2D eigenvalue weighted by molar-refractivity contribution is -0.166. The van der Waals surface area contributed by atoms with E-state index in [4.69, 9.17) is 14.2 Å². The molecule has 0 rings (SSSR count). The fraction of sp³-hybridized carbons (Fsp3) is 0.603. The van der Waals surface area contributed by atoms with Crippen LogP contribution >= 0.6 is 0 Å². The zero-order valence-corrected chi connectivity index (χ0v) is 41.0.